The largest absolute Gasteiger partial charge is 0.396 e. The summed E-state index contributed by atoms with van der Waals surface area (Å²) in [5.41, 5.74) is 0.644. The van der Waals surface area contributed by atoms with Crippen LogP contribution in [-0.4, -0.2) is 84.8 Å². The van der Waals surface area contributed by atoms with Crippen molar-refractivity contribution in [3.8, 4) is 0 Å². The van der Waals surface area contributed by atoms with Gasteiger partial charge in [0, 0.05) is 43.1 Å². The van der Waals surface area contributed by atoms with E-state index in [0.717, 1.165) is 12.0 Å². The second kappa shape index (κ2) is 10.4. The molecule has 2 saturated heterocycles. The molecule has 1 aromatic carbocycles. The average molecular weight is 552 g/mol. The lowest BCUT2D eigenvalue weighted by atomic mass is 9.74. The van der Waals surface area contributed by atoms with Crippen molar-refractivity contribution in [1.29, 1.82) is 0 Å². The molecule has 0 bridgehead atoms. The van der Waals surface area contributed by atoms with Gasteiger partial charge in [0.05, 0.1) is 16.6 Å². The maximum Gasteiger partial charge on any atom is 0.247 e. The molecule has 2 fully saturated rings. The molecule has 1 unspecified atom stereocenters. The molecule has 0 aromatic heterocycles. The highest BCUT2D eigenvalue weighted by atomic mass is 32.2. The molecule has 0 radical (unpaired) electrons. The minimum atomic E-state index is -0.819. The molecule has 210 valence electrons. The Morgan fingerprint density at radius 1 is 0.923 bits per heavy atom. The van der Waals surface area contributed by atoms with Gasteiger partial charge in [0.2, 0.25) is 17.7 Å². The van der Waals surface area contributed by atoms with Crippen LogP contribution in [0.3, 0.4) is 0 Å². The van der Waals surface area contributed by atoms with Crippen LogP contribution >= 0.6 is 11.8 Å². The highest BCUT2D eigenvalue weighted by Crippen LogP contribution is 2.65. The van der Waals surface area contributed by atoms with Gasteiger partial charge in [-0.15, -0.1) is 11.8 Å². The maximum absolute atomic E-state index is 14.4. The smallest absolute Gasteiger partial charge is 0.247 e. The first-order valence-corrected chi connectivity index (χ1v) is 15.0. The third-order valence-electron chi connectivity index (χ3n) is 8.72. The predicted octanol–water partition coefficient (Wildman–Crippen LogP) is 3.63. The van der Waals surface area contributed by atoms with Crippen LogP contribution in [0.2, 0.25) is 0 Å². The summed E-state index contributed by atoms with van der Waals surface area (Å²) in [7, 11) is 0. The lowest BCUT2D eigenvalue weighted by molar-refractivity contribution is -0.146. The van der Waals surface area contributed by atoms with Crippen LogP contribution < -0.4 is 0 Å². The maximum atomic E-state index is 14.4. The van der Waals surface area contributed by atoms with Gasteiger partial charge in [0.15, 0.2) is 0 Å². The summed E-state index contributed by atoms with van der Waals surface area (Å²) in [5.74, 6) is -1.35. The summed E-state index contributed by atoms with van der Waals surface area (Å²) < 4.78 is -1.42. The number of likely N-dealkylation sites (tertiary alicyclic amines) is 1. The van der Waals surface area contributed by atoms with Gasteiger partial charge in [-0.3, -0.25) is 14.4 Å². The van der Waals surface area contributed by atoms with Crippen molar-refractivity contribution in [3.05, 3.63) is 60.2 Å². The molecular formula is C31H41N3O4S. The molecule has 39 heavy (non-hydrogen) atoms. The topological polar surface area (TPSA) is 81.2 Å². The molecule has 4 aliphatic heterocycles. The SMILES string of the molecule is CC(C)(C)N1CC=C[C@]23S[C@@]4(C)C=CCN(Cc5ccccc5)C(=O)[C@H]4[C@H]2C(=O)N(CCCCCO)C3C1=O. The quantitative estimate of drug-likeness (QED) is 0.414. The third-order valence-corrected chi connectivity index (χ3v) is 10.5. The van der Waals surface area contributed by atoms with E-state index in [-0.39, 0.29) is 24.3 Å². The van der Waals surface area contributed by atoms with Crippen molar-refractivity contribution in [1.82, 2.24) is 14.7 Å². The molecule has 1 spiro atoms. The summed E-state index contributed by atoms with van der Waals surface area (Å²) in [6.45, 7) is 10.2. The fourth-order valence-electron chi connectivity index (χ4n) is 6.93. The number of nitrogens with zero attached hydrogens (tertiary/aromatic N) is 3. The van der Waals surface area contributed by atoms with Crippen LogP contribution in [0.15, 0.2) is 54.6 Å². The van der Waals surface area contributed by atoms with Crippen molar-refractivity contribution < 1.29 is 19.5 Å². The van der Waals surface area contributed by atoms with E-state index in [9.17, 15) is 19.5 Å². The summed E-state index contributed by atoms with van der Waals surface area (Å²) in [5, 5.41) is 9.27. The van der Waals surface area contributed by atoms with E-state index in [0.29, 0.717) is 39.0 Å². The number of rotatable bonds is 7. The number of fused-ring (bicyclic) bond motifs is 2. The van der Waals surface area contributed by atoms with E-state index in [1.165, 1.54) is 0 Å². The van der Waals surface area contributed by atoms with Gasteiger partial charge >= 0.3 is 0 Å². The van der Waals surface area contributed by atoms with Crippen LogP contribution in [0, 0.1) is 11.8 Å². The van der Waals surface area contributed by atoms with Crippen molar-refractivity contribution in [2.45, 2.75) is 74.6 Å². The fraction of sp³-hybridized carbons (Fsp3) is 0.581. The molecule has 1 aromatic rings. The van der Waals surface area contributed by atoms with Crippen LogP contribution in [0.4, 0.5) is 0 Å². The summed E-state index contributed by atoms with van der Waals surface area (Å²) in [4.78, 5) is 48.6. The summed E-state index contributed by atoms with van der Waals surface area (Å²) >= 11 is 1.63. The third kappa shape index (κ3) is 4.73. The van der Waals surface area contributed by atoms with Gasteiger partial charge in [-0.05, 0) is 52.5 Å². The van der Waals surface area contributed by atoms with Crippen LogP contribution in [-0.2, 0) is 20.9 Å². The van der Waals surface area contributed by atoms with E-state index < -0.39 is 32.9 Å². The first kappa shape index (κ1) is 28.0. The number of aliphatic hydroxyl groups is 1. The Kier molecular flexibility index (Phi) is 7.48. The average Bonchev–Trinajstić information content (AvgIpc) is 3.14. The van der Waals surface area contributed by atoms with Crippen molar-refractivity contribution in [2.75, 3.05) is 26.2 Å². The Balaban J connectivity index is 1.56. The molecule has 4 aliphatic rings. The molecule has 4 heterocycles. The predicted molar refractivity (Wildman–Crippen MR) is 154 cm³/mol. The van der Waals surface area contributed by atoms with Crippen LogP contribution in [0.25, 0.3) is 0 Å². The van der Waals surface area contributed by atoms with Gasteiger partial charge in [-0.2, -0.15) is 0 Å². The lowest BCUT2D eigenvalue weighted by Crippen LogP contribution is -2.57. The number of carbonyl (C=O) groups is 3. The highest BCUT2D eigenvalue weighted by Gasteiger charge is 2.74. The number of carbonyl (C=O) groups excluding carboxylic acids is 3. The molecule has 7 nitrogen and oxygen atoms in total. The van der Waals surface area contributed by atoms with E-state index >= 15 is 0 Å². The zero-order valence-electron chi connectivity index (χ0n) is 23.5. The molecule has 8 heteroatoms. The number of hydrogen-bond acceptors (Lipinski definition) is 5. The first-order valence-electron chi connectivity index (χ1n) is 14.1. The number of benzene rings is 1. The van der Waals surface area contributed by atoms with Crippen molar-refractivity contribution >= 4 is 29.5 Å². The zero-order valence-corrected chi connectivity index (χ0v) is 24.3. The lowest BCUT2D eigenvalue weighted by Gasteiger charge is -2.41. The highest BCUT2D eigenvalue weighted by molar-refractivity contribution is 8.02. The molecule has 3 amide bonds. The molecule has 0 saturated carbocycles. The molecular weight excluding hydrogens is 510 g/mol. The summed E-state index contributed by atoms with van der Waals surface area (Å²) in [6, 6.07) is 9.28. The van der Waals surface area contributed by atoms with Crippen LogP contribution in [0.1, 0.15) is 52.5 Å². The van der Waals surface area contributed by atoms with E-state index in [1.807, 2.05) is 67.0 Å². The normalized spacial score (nSPS) is 32.3. The van der Waals surface area contributed by atoms with Crippen LogP contribution in [0.5, 0.6) is 0 Å². The van der Waals surface area contributed by atoms with Gasteiger partial charge in [0.25, 0.3) is 0 Å². The van der Waals surface area contributed by atoms with E-state index in [2.05, 4.69) is 25.2 Å². The Bertz CT molecular complexity index is 1180. The number of hydrogen-bond donors (Lipinski definition) is 1. The second-order valence-electron chi connectivity index (χ2n) is 12.4. The standard InChI is InChI=1S/C31H41N3O4S/c1-29(2,3)34-19-12-16-31-24(27(37)33(25(31)28(34)38)18-9-6-10-20-35)23-26(36)32(17-11-15-30(23,4)39-31)21-22-13-7-5-8-14-22/h5,7-8,11-16,23-25,35H,6,9-10,17-21H2,1-4H3/t23-,24+,25?,30+,31+/m1/s1. The number of amides is 3. The molecule has 0 aliphatic carbocycles. The number of aliphatic hydroxyl groups excluding tert-OH is 1. The van der Waals surface area contributed by atoms with Gasteiger partial charge in [-0.25, -0.2) is 0 Å². The van der Waals surface area contributed by atoms with Crippen molar-refractivity contribution in [2.24, 2.45) is 11.8 Å². The van der Waals surface area contributed by atoms with E-state index in [1.54, 1.807) is 16.7 Å². The molecule has 5 atom stereocenters. The zero-order chi connectivity index (χ0) is 28.0. The van der Waals surface area contributed by atoms with Gasteiger partial charge < -0.3 is 19.8 Å². The van der Waals surface area contributed by atoms with E-state index in [4.69, 9.17) is 0 Å². The van der Waals surface area contributed by atoms with Gasteiger partial charge in [-0.1, -0.05) is 54.6 Å². The Morgan fingerprint density at radius 3 is 2.33 bits per heavy atom. The minimum absolute atomic E-state index is 0.0206. The number of unbranched alkanes of at least 4 members (excludes halogenated alkanes) is 2. The molecule has 1 N–H and O–H groups in total. The van der Waals surface area contributed by atoms with Crippen molar-refractivity contribution in [3.63, 3.8) is 0 Å². The monoisotopic (exact) mass is 551 g/mol. The van der Waals surface area contributed by atoms with Gasteiger partial charge in [0.1, 0.15) is 6.04 Å². The first-order chi connectivity index (χ1) is 18.5. The Labute approximate surface area is 236 Å². The Hall–Kier alpha value is -2.58. The number of thioether (sulfide) groups is 1. The molecule has 5 rings (SSSR count). The fourth-order valence-corrected chi connectivity index (χ4v) is 9.09. The Morgan fingerprint density at radius 2 is 1.64 bits per heavy atom. The minimum Gasteiger partial charge on any atom is -0.396 e. The summed E-state index contributed by atoms with van der Waals surface area (Å²) in [6.07, 6.45) is 10.4. The second-order valence-corrected chi connectivity index (χ2v) is 14.2.